The Balaban J connectivity index is 2.68. The summed E-state index contributed by atoms with van der Waals surface area (Å²) in [4.78, 5) is 14.1. The summed E-state index contributed by atoms with van der Waals surface area (Å²) in [6.07, 6.45) is 0. The normalized spacial score (nSPS) is 10.3. The van der Waals surface area contributed by atoms with Crippen molar-refractivity contribution in [1.82, 2.24) is 4.98 Å². The largest absolute Gasteiger partial charge is 0.496 e. The van der Waals surface area contributed by atoms with Crippen LogP contribution >= 0.6 is 0 Å². The van der Waals surface area contributed by atoms with Crippen molar-refractivity contribution in [2.75, 3.05) is 7.11 Å². The van der Waals surface area contributed by atoms with E-state index in [0.717, 1.165) is 22.6 Å². The molecule has 0 fully saturated rings. The topological polar surface area (TPSA) is 42.1 Å². The van der Waals surface area contributed by atoms with Crippen LogP contribution in [-0.4, -0.2) is 12.1 Å². The highest BCUT2D eigenvalue weighted by molar-refractivity contribution is 5.70. The summed E-state index contributed by atoms with van der Waals surface area (Å²) in [5.41, 5.74) is 3.84. The molecule has 0 aliphatic heterocycles. The number of aromatic amines is 1. The van der Waals surface area contributed by atoms with Gasteiger partial charge in [-0.2, -0.15) is 0 Å². The average molecular weight is 229 g/mol. The van der Waals surface area contributed by atoms with E-state index in [1.165, 1.54) is 11.6 Å². The molecule has 0 amide bonds. The van der Waals surface area contributed by atoms with Crippen LogP contribution in [0.25, 0.3) is 11.3 Å². The maximum absolute atomic E-state index is 11.3. The molecule has 1 aromatic heterocycles. The van der Waals surface area contributed by atoms with Gasteiger partial charge in [-0.15, -0.1) is 0 Å². The molecule has 0 atom stereocenters. The first-order chi connectivity index (χ1) is 8.13. The van der Waals surface area contributed by atoms with Crippen LogP contribution in [-0.2, 0) is 0 Å². The third-order valence-corrected chi connectivity index (χ3v) is 2.94. The number of methoxy groups -OCH3 is 1. The third kappa shape index (κ3) is 2.09. The van der Waals surface area contributed by atoms with Crippen LogP contribution < -0.4 is 10.3 Å². The second-order valence-electron chi connectivity index (χ2n) is 4.02. The molecule has 3 heteroatoms. The highest BCUT2D eigenvalue weighted by atomic mass is 16.5. The number of rotatable bonds is 2. The zero-order chi connectivity index (χ0) is 12.4. The molecule has 88 valence electrons. The Bertz CT molecular complexity index is 599. The van der Waals surface area contributed by atoms with Gasteiger partial charge >= 0.3 is 0 Å². The highest BCUT2D eigenvalue weighted by Gasteiger charge is 2.10. The molecule has 0 radical (unpaired) electrons. The maximum Gasteiger partial charge on any atom is 0.248 e. The summed E-state index contributed by atoms with van der Waals surface area (Å²) < 4.78 is 5.43. The van der Waals surface area contributed by atoms with Gasteiger partial charge in [-0.1, -0.05) is 12.1 Å². The number of benzene rings is 1. The number of aryl methyl sites for hydroxylation is 1. The van der Waals surface area contributed by atoms with E-state index in [-0.39, 0.29) is 5.56 Å². The third-order valence-electron chi connectivity index (χ3n) is 2.94. The van der Waals surface area contributed by atoms with Crippen LogP contribution in [0, 0.1) is 13.8 Å². The number of ether oxygens (including phenoxy) is 1. The van der Waals surface area contributed by atoms with Crippen molar-refractivity contribution in [2.24, 2.45) is 0 Å². The molecular weight excluding hydrogens is 214 g/mol. The van der Waals surface area contributed by atoms with Gasteiger partial charge in [0.15, 0.2) is 0 Å². The second-order valence-corrected chi connectivity index (χ2v) is 4.02. The fraction of sp³-hybridized carbons (Fsp3) is 0.214. The van der Waals surface area contributed by atoms with Crippen LogP contribution in [0.2, 0.25) is 0 Å². The van der Waals surface area contributed by atoms with Crippen molar-refractivity contribution in [3.8, 4) is 17.0 Å². The van der Waals surface area contributed by atoms with Crippen molar-refractivity contribution in [2.45, 2.75) is 13.8 Å². The van der Waals surface area contributed by atoms with Gasteiger partial charge in [0.25, 0.3) is 0 Å². The first-order valence-electron chi connectivity index (χ1n) is 5.47. The predicted molar refractivity (Wildman–Crippen MR) is 68.5 cm³/mol. The van der Waals surface area contributed by atoms with Crippen molar-refractivity contribution in [3.63, 3.8) is 0 Å². The van der Waals surface area contributed by atoms with E-state index in [9.17, 15) is 4.79 Å². The number of nitrogens with one attached hydrogen (secondary N) is 1. The zero-order valence-electron chi connectivity index (χ0n) is 10.2. The Morgan fingerprint density at radius 3 is 2.53 bits per heavy atom. The van der Waals surface area contributed by atoms with Gasteiger partial charge < -0.3 is 9.72 Å². The average Bonchev–Trinajstić information content (AvgIpc) is 2.32. The van der Waals surface area contributed by atoms with Crippen molar-refractivity contribution >= 4 is 0 Å². The molecule has 17 heavy (non-hydrogen) atoms. The van der Waals surface area contributed by atoms with Crippen LogP contribution in [0.15, 0.2) is 35.1 Å². The summed E-state index contributed by atoms with van der Waals surface area (Å²) in [6, 6.07) is 9.10. The van der Waals surface area contributed by atoms with Crippen LogP contribution in [0.5, 0.6) is 5.75 Å². The molecule has 0 saturated carbocycles. The van der Waals surface area contributed by atoms with Crippen LogP contribution in [0.3, 0.4) is 0 Å². The van der Waals surface area contributed by atoms with E-state index in [4.69, 9.17) is 4.74 Å². The summed E-state index contributed by atoms with van der Waals surface area (Å²) in [7, 11) is 1.65. The molecule has 2 aromatic rings. The minimum absolute atomic E-state index is 0.109. The van der Waals surface area contributed by atoms with Crippen molar-refractivity contribution in [1.29, 1.82) is 0 Å². The maximum atomic E-state index is 11.3. The second kappa shape index (κ2) is 4.45. The van der Waals surface area contributed by atoms with Gasteiger partial charge in [-0.25, -0.2) is 0 Å². The standard InChI is InChI=1S/C14H15NO2/c1-9-7-8-11(14(17-3)10(9)2)12-5-4-6-13(16)15-12/h4-8H,1-3H3,(H,15,16). The smallest absolute Gasteiger partial charge is 0.248 e. The van der Waals surface area contributed by atoms with E-state index >= 15 is 0 Å². The molecule has 0 aliphatic rings. The van der Waals surface area contributed by atoms with Crippen LogP contribution in [0.4, 0.5) is 0 Å². The molecule has 1 aromatic carbocycles. The summed E-state index contributed by atoms with van der Waals surface area (Å²) >= 11 is 0. The Labute approximate surface area is 100 Å². The lowest BCUT2D eigenvalue weighted by Gasteiger charge is -2.13. The monoisotopic (exact) mass is 229 g/mol. The molecule has 0 unspecified atom stereocenters. The fourth-order valence-corrected chi connectivity index (χ4v) is 1.87. The number of pyridine rings is 1. The fourth-order valence-electron chi connectivity index (χ4n) is 1.87. The summed E-state index contributed by atoms with van der Waals surface area (Å²) in [6.45, 7) is 4.05. The molecule has 0 bridgehead atoms. The molecule has 0 aliphatic carbocycles. The first-order valence-corrected chi connectivity index (χ1v) is 5.47. The Morgan fingerprint density at radius 2 is 1.88 bits per heavy atom. The minimum atomic E-state index is -0.109. The van der Waals surface area contributed by atoms with Crippen molar-refractivity contribution in [3.05, 3.63) is 51.8 Å². The molecule has 2 rings (SSSR count). The van der Waals surface area contributed by atoms with Gasteiger partial charge in [0.05, 0.1) is 12.8 Å². The van der Waals surface area contributed by atoms with Crippen molar-refractivity contribution < 1.29 is 4.74 Å². The number of hydrogen-bond acceptors (Lipinski definition) is 2. The van der Waals surface area contributed by atoms with Gasteiger partial charge in [0, 0.05) is 11.6 Å². The lowest BCUT2D eigenvalue weighted by atomic mass is 10.0. The Morgan fingerprint density at radius 1 is 1.12 bits per heavy atom. The Kier molecular flexibility index (Phi) is 3.00. The molecular formula is C14H15NO2. The lowest BCUT2D eigenvalue weighted by molar-refractivity contribution is 0.413. The van der Waals surface area contributed by atoms with Gasteiger partial charge in [-0.05, 0) is 37.1 Å². The van der Waals surface area contributed by atoms with E-state index in [2.05, 4.69) is 4.98 Å². The van der Waals surface area contributed by atoms with E-state index in [0.29, 0.717) is 0 Å². The first kappa shape index (κ1) is 11.5. The van der Waals surface area contributed by atoms with E-state index < -0.39 is 0 Å². The number of H-pyrrole nitrogens is 1. The van der Waals surface area contributed by atoms with E-state index in [1.807, 2.05) is 32.0 Å². The molecule has 3 nitrogen and oxygen atoms in total. The predicted octanol–water partition coefficient (Wildman–Crippen LogP) is 2.67. The Hall–Kier alpha value is -2.03. The summed E-state index contributed by atoms with van der Waals surface area (Å²) in [5, 5.41) is 0. The van der Waals surface area contributed by atoms with Gasteiger partial charge in [0.2, 0.25) is 5.56 Å². The van der Waals surface area contributed by atoms with Gasteiger partial charge in [0.1, 0.15) is 5.75 Å². The van der Waals surface area contributed by atoms with Gasteiger partial charge in [-0.3, -0.25) is 4.79 Å². The van der Waals surface area contributed by atoms with E-state index in [1.54, 1.807) is 13.2 Å². The number of aromatic nitrogens is 1. The zero-order valence-corrected chi connectivity index (χ0v) is 10.2. The molecule has 1 heterocycles. The molecule has 1 N–H and O–H groups in total. The SMILES string of the molecule is COc1c(-c2cccc(=O)[nH]2)ccc(C)c1C. The molecule has 0 saturated heterocycles. The van der Waals surface area contributed by atoms with Crippen LogP contribution in [0.1, 0.15) is 11.1 Å². The lowest BCUT2D eigenvalue weighted by Crippen LogP contribution is -2.04. The highest BCUT2D eigenvalue weighted by Crippen LogP contribution is 2.32. The summed E-state index contributed by atoms with van der Waals surface area (Å²) in [5.74, 6) is 0.812. The quantitative estimate of drug-likeness (QED) is 0.860. The molecule has 0 spiro atoms. The minimum Gasteiger partial charge on any atom is -0.496 e. The number of hydrogen-bond donors (Lipinski definition) is 1.